The minimum atomic E-state index is 0.627. The zero-order chi connectivity index (χ0) is 22.9. The fourth-order valence-electron chi connectivity index (χ4n) is 4.55. The molecule has 6 aromatic rings. The zero-order valence-corrected chi connectivity index (χ0v) is 18.4. The van der Waals surface area contributed by atoms with Gasteiger partial charge in [-0.1, -0.05) is 43.0 Å². The van der Waals surface area contributed by atoms with Crippen molar-refractivity contribution in [1.82, 2.24) is 19.1 Å². The SMILES string of the molecule is C=CN=CC=Cc1ncc(-n2c3ccccc3c3c4ccn(-c5ccccc5)c4ccc32)cn1. The predicted octanol–water partition coefficient (Wildman–Crippen LogP) is 6.75. The van der Waals surface area contributed by atoms with Crippen molar-refractivity contribution in [3.05, 3.63) is 116 Å². The highest BCUT2D eigenvalue weighted by Gasteiger charge is 2.16. The van der Waals surface area contributed by atoms with Crippen molar-refractivity contribution >= 4 is 45.0 Å². The van der Waals surface area contributed by atoms with E-state index < -0.39 is 0 Å². The molecule has 0 radical (unpaired) electrons. The van der Waals surface area contributed by atoms with Crippen molar-refractivity contribution in [3.63, 3.8) is 0 Å². The average Bonchev–Trinajstić information content (AvgIpc) is 3.47. The molecule has 0 aliphatic rings. The Morgan fingerprint density at radius 1 is 0.735 bits per heavy atom. The summed E-state index contributed by atoms with van der Waals surface area (Å²) in [6, 6.07) is 25.5. The number of rotatable bonds is 5. The molecule has 0 N–H and O–H groups in total. The molecule has 0 fully saturated rings. The molecule has 3 heterocycles. The number of aliphatic imine (C=N–C) groups is 1. The Morgan fingerprint density at radius 2 is 1.47 bits per heavy atom. The van der Waals surface area contributed by atoms with Gasteiger partial charge in [0.15, 0.2) is 5.82 Å². The third-order valence-electron chi connectivity index (χ3n) is 5.98. The Morgan fingerprint density at radius 3 is 2.29 bits per heavy atom. The molecule has 0 atom stereocenters. The highest BCUT2D eigenvalue weighted by atomic mass is 15.0. The molecular weight excluding hydrogens is 418 g/mol. The third kappa shape index (κ3) is 3.22. The number of nitrogens with zero attached hydrogens (tertiary/aromatic N) is 5. The van der Waals surface area contributed by atoms with Crippen LogP contribution >= 0.6 is 0 Å². The van der Waals surface area contributed by atoms with Gasteiger partial charge in [-0.05, 0) is 48.6 Å². The smallest absolute Gasteiger partial charge is 0.151 e. The van der Waals surface area contributed by atoms with Crippen LogP contribution < -0.4 is 0 Å². The van der Waals surface area contributed by atoms with Gasteiger partial charge in [-0.25, -0.2) is 9.97 Å². The quantitative estimate of drug-likeness (QED) is 0.279. The normalized spacial score (nSPS) is 12.0. The van der Waals surface area contributed by atoms with E-state index in [1.165, 1.54) is 27.9 Å². The van der Waals surface area contributed by atoms with Crippen LogP contribution in [0.3, 0.4) is 0 Å². The molecule has 6 rings (SSSR count). The monoisotopic (exact) mass is 439 g/mol. The summed E-state index contributed by atoms with van der Waals surface area (Å²) in [5, 5.41) is 3.66. The van der Waals surface area contributed by atoms with Gasteiger partial charge in [0, 0.05) is 40.5 Å². The number of benzene rings is 3. The van der Waals surface area contributed by atoms with E-state index >= 15 is 0 Å². The van der Waals surface area contributed by atoms with Gasteiger partial charge in [0.05, 0.1) is 34.6 Å². The maximum absolute atomic E-state index is 4.54. The molecule has 162 valence electrons. The Bertz CT molecular complexity index is 1700. The number of allylic oxidation sites excluding steroid dienone is 1. The van der Waals surface area contributed by atoms with E-state index in [2.05, 4.69) is 104 Å². The number of para-hydroxylation sites is 2. The molecule has 3 aromatic heterocycles. The topological polar surface area (TPSA) is 48.0 Å². The molecule has 5 heteroatoms. The largest absolute Gasteiger partial charge is 0.317 e. The molecule has 0 spiro atoms. The number of fused-ring (bicyclic) bond motifs is 5. The lowest BCUT2D eigenvalue weighted by Crippen LogP contribution is -1.97. The maximum atomic E-state index is 4.54. The van der Waals surface area contributed by atoms with E-state index in [1.54, 1.807) is 12.3 Å². The Hall–Kier alpha value is -4.77. The second-order valence-electron chi connectivity index (χ2n) is 7.91. The first-order valence-electron chi connectivity index (χ1n) is 11.1. The Labute approximate surface area is 196 Å². The molecule has 0 amide bonds. The molecule has 0 aliphatic heterocycles. The average molecular weight is 440 g/mol. The van der Waals surface area contributed by atoms with Gasteiger partial charge in [0.2, 0.25) is 0 Å². The first kappa shape index (κ1) is 19.9. The number of aromatic nitrogens is 4. The highest BCUT2D eigenvalue weighted by molar-refractivity contribution is 6.21. The standard InChI is InChI=1S/C29H21N5/c1-2-30-17-8-13-28-31-19-22(20-32-28)34-26-12-7-6-11-23(26)29-24-16-18-33(21-9-4-3-5-10-21)25(24)14-15-27(29)34/h2-20H,1H2. The molecule has 5 nitrogen and oxygen atoms in total. The van der Waals surface area contributed by atoms with Crippen molar-refractivity contribution in [3.8, 4) is 11.4 Å². The molecule has 0 saturated heterocycles. The fraction of sp³-hybridized carbons (Fsp3) is 0. The minimum Gasteiger partial charge on any atom is -0.317 e. The van der Waals surface area contributed by atoms with Crippen molar-refractivity contribution in [2.45, 2.75) is 0 Å². The van der Waals surface area contributed by atoms with E-state index in [0.717, 1.165) is 22.4 Å². The first-order valence-corrected chi connectivity index (χ1v) is 11.1. The molecule has 0 bridgehead atoms. The van der Waals surface area contributed by atoms with E-state index in [4.69, 9.17) is 0 Å². The van der Waals surface area contributed by atoms with Crippen LogP contribution in [0.4, 0.5) is 0 Å². The molecular formula is C29H21N5. The van der Waals surface area contributed by atoms with E-state index in [1.807, 2.05) is 24.5 Å². The summed E-state index contributed by atoms with van der Waals surface area (Å²) in [6.07, 6.45) is 12.6. The summed E-state index contributed by atoms with van der Waals surface area (Å²) in [6.45, 7) is 3.56. The fourth-order valence-corrected chi connectivity index (χ4v) is 4.55. The van der Waals surface area contributed by atoms with Crippen molar-refractivity contribution < 1.29 is 0 Å². The molecule has 0 unspecified atom stereocenters. The lowest BCUT2D eigenvalue weighted by atomic mass is 10.1. The van der Waals surface area contributed by atoms with Gasteiger partial charge in [0.25, 0.3) is 0 Å². The molecule has 0 saturated carbocycles. The van der Waals surface area contributed by atoms with Crippen molar-refractivity contribution in [2.75, 3.05) is 0 Å². The van der Waals surface area contributed by atoms with Gasteiger partial charge in [0.1, 0.15) is 0 Å². The number of hydrogen-bond acceptors (Lipinski definition) is 3. The van der Waals surface area contributed by atoms with Crippen LogP contribution in [0, 0.1) is 0 Å². The Balaban J connectivity index is 1.55. The predicted molar refractivity (Wildman–Crippen MR) is 141 cm³/mol. The van der Waals surface area contributed by atoms with Crippen molar-refractivity contribution in [1.29, 1.82) is 0 Å². The van der Waals surface area contributed by atoms with Crippen LogP contribution in [0.1, 0.15) is 5.82 Å². The first-order chi connectivity index (χ1) is 16.8. The van der Waals surface area contributed by atoms with E-state index in [0.29, 0.717) is 5.82 Å². The van der Waals surface area contributed by atoms with Crippen LogP contribution in [0.5, 0.6) is 0 Å². The Kier molecular flexibility index (Phi) is 4.85. The van der Waals surface area contributed by atoms with Crippen LogP contribution in [-0.2, 0) is 0 Å². The van der Waals surface area contributed by atoms with Gasteiger partial charge in [-0.15, -0.1) is 0 Å². The summed E-state index contributed by atoms with van der Waals surface area (Å²) < 4.78 is 4.47. The summed E-state index contributed by atoms with van der Waals surface area (Å²) in [4.78, 5) is 13.0. The van der Waals surface area contributed by atoms with Crippen LogP contribution in [0.15, 0.2) is 115 Å². The van der Waals surface area contributed by atoms with Gasteiger partial charge in [-0.3, -0.25) is 4.99 Å². The van der Waals surface area contributed by atoms with Gasteiger partial charge >= 0.3 is 0 Å². The van der Waals surface area contributed by atoms with Crippen LogP contribution in [0.2, 0.25) is 0 Å². The zero-order valence-electron chi connectivity index (χ0n) is 18.4. The van der Waals surface area contributed by atoms with Gasteiger partial charge in [-0.2, -0.15) is 0 Å². The maximum Gasteiger partial charge on any atom is 0.151 e. The second kappa shape index (κ2) is 8.30. The third-order valence-corrected chi connectivity index (χ3v) is 5.98. The summed E-state index contributed by atoms with van der Waals surface area (Å²) in [7, 11) is 0. The lowest BCUT2D eigenvalue weighted by Gasteiger charge is -2.08. The summed E-state index contributed by atoms with van der Waals surface area (Å²) in [5.74, 6) is 0.627. The molecule has 3 aromatic carbocycles. The summed E-state index contributed by atoms with van der Waals surface area (Å²) in [5.41, 5.74) is 5.51. The van der Waals surface area contributed by atoms with Gasteiger partial charge < -0.3 is 9.13 Å². The lowest BCUT2D eigenvalue weighted by molar-refractivity contribution is 1.06. The second-order valence-corrected chi connectivity index (χ2v) is 7.91. The molecule has 34 heavy (non-hydrogen) atoms. The summed E-state index contributed by atoms with van der Waals surface area (Å²) >= 11 is 0. The minimum absolute atomic E-state index is 0.627. The van der Waals surface area contributed by atoms with E-state index in [-0.39, 0.29) is 0 Å². The number of hydrogen-bond donors (Lipinski definition) is 0. The molecule has 0 aliphatic carbocycles. The highest BCUT2D eigenvalue weighted by Crippen LogP contribution is 2.37. The van der Waals surface area contributed by atoms with Crippen LogP contribution in [-0.4, -0.2) is 25.3 Å². The van der Waals surface area contributed by atoms with E-state index in [9.17, 15) is 0 Å². The van der Waals surface area contributed by atoms with Crippen LogP contribution in [0.25, 0.3) is 50.2 Å². The van der Waals surface area contributed by atoms with Crippen molar-refractivity contribution in [2.24, 2.45) is 4.99 Å².